The predicted octanol–water partition coefficient (Wildman–Crippen LogP) is 1.99. The highest BCUT2D eigenvalue weighted by atomic mass is 19.1. The summed E-state index contributed by atoms with van der Waals surface area (Å²) in [5.41, 5.74) is -1.13. The van der Waals surface area contributed by atoms with Gasteiger partial charge < -0.3 is 4.90 Å². The van der Waals surface area contributed by atoms with Crippen LogP contribution in [0.25, 0.3) is 0 Å². The molecule has 1 amide bonds. The third kappa shape index (κ3) is 2.68. The van der Waals surface area contributed by atoms with Crippen molar-refractivity contribution in [3.63, 3.8) is 0 Å². The normalized spacial score (nSPS) is 22.3. The SMILES string of the molecule is CCC(C)CC(=O)N1CC(C)(F)C1. The van der Waals surface area contributed by atoms with Crippen LogP contribution in [0.4, 0.5) is 4.39 Å². The number of hydrogen-bond donors (Lipinski definition) is 0. The van der Waals surface area contributed by atoms with Gasteiger partial charge in [0.15, 0.2) is 0 Å². The Morgan fingerprint density at radius 2 is 2.15 bits per heavy atom. The van der Waals surface area contributed by atoms with Crippen molar-refractivity contribution < 1.29 is 9.18 Å². The molecule has 1 unspecified atom stereocenters. The van der Waals surface area contributed by atoms with Crippen molar-refractivity contribution in [3.8, 4) is 0 Å². The fourth-order valence-corrected chi connectivity index (χ4v) is 1.50. The molecule has 1 atom stereocenters. The first-order valence-corrected chi connectivity index (χ1v) is 4.91. The Labute approximate surface area is 79.1 Å². The minimum Gasteiger partial charge on any atom is -0.336 e. The van der Waals surface area contributed by atoms with E-state index in [4.69, 9.17) is 0 Å². The molecule has 1 fully saturated rings. The Morgan fingerprint density at radius 3 is 2.54 bits per heavy atom. The van der Waals surface area contributed by atoms with Gasteiger partial charge in [-0.1, -0.05) is 20.3 Å². The Kier molecular flexibility index (Phi) is 2.94. The molecule has 3 heteroatoms. The molecule has 1 aliphatic rings. The second-order valence-electron chi connectivity index (χ2n) is 4.38. The van der Waals surface area contributed by atoms with Crippen molar-refractivity contribution in [1.29, 1.82) is 0 Å². The summed E-state index contributed by atoms with van der Waals surface area (Å²) in [6, 6.07) is 0. The van der Waals surface area contributed by atoms with Crippen LogP contribution >= 0.6 is 0 Å². The van der Waals surface area contributed by atoms with Gasteiger partial charge in [0.05, 0.1) is 13.1 Å². The maximum Gasteiger partial charge on any atom is 0.223 e. The fourth-order valence-electron chi connectivity index (χ4n) is 1.50. The van der Waals surface area contributed by atoms with E-state index in [1.165, 1.54) is 0 Å². The van der Waals surface area contributed by atoms with Crippen LogP contribution in [0.3, 0.4) is 0 Å². The molecule has 0 spiro atoms. The lowest BCUT2D eigenvalue weighted by atomic mass is 9.96. The number of carbonyl (C=O) groups is 1. The van der Waals surface area contributed by atoms with Gasteiger partial charge >= 0.3 is 0 Å². The molecule has 1 rings (SSSR count). The van der Waals surface area contributed by atoms with E-state index in [0.29, 0.717) is 12.3 Å². The third-order valence-electron chi connectivity index (χ3n) is 2.61. The molecule has 0 bridgehead atoms. The molecule has 0 radical (unpaired) electrons. The van der Waals surface area contributed by atoms with E-state index in [1.807, 2.05) is 6.92 Å². The quantitative estimate of drug-likeness (QED) is 0.661. The van der Waals surface area contributed by atoms with E-state index in [0.717, 1.165) is 6.42 Å². The van der Waals surface area contributed by atoms with Gasteiger partial charge in [0.1, 0.15) is 5.67 Å². The molecule has 0 aromatic rings. The summed E-state index contributed by atoms with van der Waals surface area (Å²) in [4.78, 5) is 13.0. The molecule has 1 aliphatic heterocycles. The number of nitrogens with zero attached hydrogens (tertiary/aromatic N) is 1. The van der Waals surface area contributed by atoms with Crippen LogP contribution in [0.5, 0.6) is 0 Å². The van der Waals surface area contributed by atoms with Crippen LogP contribution in [0.15, 0.2) is 0 Å². The highest BCUT2D eigenvalue weighted by Crippen LogP contribution is 2.25. The average Bonchev–Trinajstić information content (AvgIpc) is 1.99. The van der Waals surface area contributed by atoms with E-state index >= 15 is 0 Å². The van der Waals surface area contributed by atoms with E-state index in [9.17, 15) is 9.18 Å². The highest BCUT2D eigenvalue weighted by Gasteiger charge is 2.41. The molecular formula is C10H18FNO. The lowest BCUT2D eigenvalue weighted by Gasteiger charge is -2.42. The zero-order valence-electron chi connectivity index (χ0n) is 8.64. The maximum atomic E-state index is 13.0. The molecule has 1 heterocycles. The molecule has 0 aromatic carbocycles. The molecule has 13 heavy (non-hydrogen) atoms. The number of rotatable bonds is 3. The monoisotopic (exact) mass is 187 g/mol. The second-order valence-corrected chi connectivity index (χ2v) is 4.38. The van der Waals surface area contributed by atoms with Gasteiger partial charge in [-0.3, -0.25) is 4.79 Å². The van der Waals surface area contributed by atoms with Gasteiger partial charge in [0, 0.05) is 6.42 Å². The third-order valence-corrected chi connectivity index (χ3v) is 2.61. The molecule has 0 aliphatic carbocycles. The molecule has 0 saturated carbocycles. The molecule has 1 saturated heterocycles. The lowest BCUT2D eigenvalue weighted by molar-refractivity contribution is -0.145. The number of carbonyl (C=O) groups excluding carboxylic acids is 1. The van der Waals surface area contributed by atoms with E-state index in [-0.39, 0.29) is 19.0 Å². The van der Waals surface area contributed by atoms with E-state index in [2.05, 4.69) is 6.92 Å². The maximum absolute atomic E-state index is 13.0. The van der Waals surface area contributed by atoms with Crippen molar-refractivity contribution >= 4 is 5.91 Å². The van der Waals surface area contributed by atoms with Crippen LogP contribution in [-0.2, 0) is 4.79 Å². The number of hydrogen-bond acceptors (Lipinski definition) is 1. The average molecular weight is 187 g/mol. The summed E-state index contributed by atoms with van der Waals surface area (Å²) in [7, 11) is 0. The van der Waals surface area contributed by atoms with E-state index in [1.54, 1.807) is 11.8 Å². The van der Waals surface area contributed by atoms with Crippen molar-refractivity contribution in [3.05, 3.63) is 0 Å². The Morgan fingerprint density at radius 1 is 1.62 bits per heavy atom. The molecule has 0 N–H and O–H groups in total. The topological polar surface area (TPSA) is 20.3 Å². The Balaban J connectivity index is 2.27. The smallest absolute Gasteiger partial charge is 0.223 e. The first-order valence-electron chi connectivity index (χ1n) is 4.91. The Hall–Kier alpha value is -0.600. The highest BCUT2D eigenvalue weighted by molar-refractivity contribution is 5.77. The molecule has 2 nitrogen and oxygen atoms in total. The van der Waals surface area contributed by atoms with Gasteiger partial charge in [-0.25, -0.2) is 4.39 Å². The van der Waals surface area contributed by atoms with Gasteiger partial charge in [-0.05, 0) is 12.8 Å². The van der Waals surface area contributed by atoms with Crippen molar-refractivity contribution in [2.24, 2.45) is 5.92 Å². The molecule has 76 valence electrons. The summed E-state index contributed by atoms with van der Waals surface area (Å²) in [5.74, 6) is 0.517. The lowest BCUT2D eigenvalue weighted by Crippen LogP contribution is -2.59. The predicted molar refractivity (Wildman–Crippen MR) is 50.2 cm³/mol. The first kappa shape index (κ1) is 10.5. The molecular weight excluding hydrogens is 169 g/mol. The number of alkyl halides is 1. The van der Waals surface area contributed by atoms with Crippen LogP contribution < -0.4 is 0 Å². The molecule has 0 aromatic heterocycles. The zero-order valence-corrected chi connectivity index (χ0v) is 8.64. The van der Waals surface area contributed by atoms with Gasteiger partial charge in [0.25, 0.3) is 0 Å². The largest absolute Gasteiger partial charge is 0.336 e. The second kappa shape index (κ2) is 3.64. The number of amides is 1. The van der Waals surface area contributed by atoms with Crippen LogP contribution in [0.1, 0.15) is 33.6 Å². The first-order chi connectivity index (χ1) is 5.94. The van der Waals surface area contributed by atoms with Gasteiger partial charge in [-0.15, -0.1) is 0 Å². The number of halogens is 1. The van der Waals surface area contributed by atoms with Gasteiger partial charge in [-0.2, -0.15) is 0 Å². The minimum atomic E-state index is -1.13. The minimum absolute atomic E-state index is 0.101. The number of likely N-dealkylation sites (tertiary alicyclic amines) is 1. The van der Waals surface area contributed by atoms with Crippen LogP contribution in [-0.4, -0.2) is 29.6 Å². The standard InChI is InChI=1S/C10H18FNO/c1-4-8(2)5-9(13)12-6-10(3,11)7-12/h8H,4-7H2,1-3H3. The summed E-state index contributed by atoms with van der Waals surface area (Å²) in [6.07, 6.45) is 1.57. The summed E-state index contributed by atoms with van der Waals surface area (Å²) in [6.45, 7) is 6.21. The summed E-state index contributed by atoms with van der Waals surface area (Å²) < 4.78 is 13.0. The fraction of sp³-hybridized carbons (Fsp3) is 0.900. The summed E-state index contributed by atoms with van der Waals surface area (Å²) >= 11 is 0. The zero-order chi connectivity index (χ0) is 10.1. The van der Waals surface area contributed by atoms with Crippen molar-refractivity contribution in [2.75, 3.05) is 13.1 Å². The summed E-state index contributed by atoms with van der Waals surface area (Å²) in [5, 5.41) is 0. The van der Waals surface area contributed by atoms with Crippen LogP contribution in [0.2, 0.25) is 0 Å². The van der Waals surface area contributed by atoms with Gasteiger partial charge in [0.2, 0.25) is 5.91 Å². The van der Waals surface area contributed by atoms with Crippen molar-refractivity contribution in [1.82, 2.24) is 4.90 Å². The van der Waals surface area contributed by atoms with Crippen LogP contribution in [0, 0.1) is 5.92 Å². The van der Waals surface area contributed by atoms with E-state index < -0.39 is 5.67 Å². The Bertz CT molecular complexity index is 195. The van der Waals surface area contributed by atoms with Crippen molar-refractivity contribution in [2.45, 2.75) is 39.3 Å².